The van der Waals surface area contributed by atoms with Crippen molar-refractivity contribution in [2.24, 2.45) is 0 Å². The van der Waals surface area contributed by atoms with Crippen LogP contribution in [-0.2, 0) is 6.42 Å². The lowest BCUT2D eigenvalue weighted by Gasteiger charge is -2.04. The zero-order valence-electron chi connectivity index (χ0n) is 8.70. The summed E-state index contributed by atoms with van der Waals surface area (Å²) < 4.78 is 13.5. The zero-order chi connectivity index (χ0) is 10.7. The molecule has 1 heterocycles. The van der Waals surface area contributed by atoms with Crippen LogP contribution in [-0.4, -0.2) is 10.2 Å². The van der Waals surface area contributed by atoms with E-state index in [2.05, 4.69) is 17.1 Å². The van der Waals surface area contributed by atoms with E-state index in [0.717, 1.165) is 30.2 Å². The number of aromatic nitrogens is 2. The normalized spacial score (nSPS) is 10.8. The number of halogens is 1. The summed E-state index contributed by atoms with van der Waals surface area (Å²) in [6.45, 7) is 2.09. The molecule has 0 N–H and O–H groups in total. The quantitative estimate of drug-likeness (QED) is 0.767. The monoisotopic (exact) mass is 204 g/mol. The Morgan fingerprint density at radius 1 is 1.20 bits per heavy atom. The van der Waals surface area contributed by atoms with Crippen LogP contribution in [0.15, 0.2) is 24.3 Å². The molecule has 0 aliphatic heterocycles. The van der Waals surface area contributed by atoms with Gasteiger partial charge in [-0.2, -0.15) is 4.39 Å². The van der Waals surface area contributed by atoms with Crippen LogP contribution in [0.4, 0.5) is 4.39 Å². The minimum atomic E-state index is -0.429. The van der Waals surface area contributed by atoms with Gasteiger partial charge in [0.25, 0.3) is 0 Å². The van der Waals surface area contributed by atoms with E-state index in [1.54, 1.807) is 0 Å². The van der Waals surface area contributed by atoms with Gasteiger partial charge in [0.15, 0.2) is 0 Å². The number of benzene rings is 1. The average molecular weight is 204 g/mol. The lowest BCUT2D eigenvalue weighted by molar-refractivity contribution is 0.548. The predicted octanol–water partition coefficient (Wildman–Crippen LogP) is 3.11. The summed E-state index contributed by atoms with van der Waals surface area (Å²) in [4.78, 5) is 0. The SMILES string of the molecule is CCCCc1c(F)nnc2ccccc12. The van der Waals surface area contributed by atoms with E-state index in [-0.39, 0.29) is 0 Å². The summed E-state index contributed by atoms with van der Waals surface area (Å²) in [7, 11) is 0. The van der Waals surface area contributed by atoms with Crippen molar-refractivity contribution < 1.29 is 4.39 Å². The van der Waals surface area contributed by atoms with Crippen molar-refractivity contribution in [2.45, 2.75) is 26.2 Å². The highest BCUT2D eigenvalue weighted by Gasteiger charge is 2.08. The summed E-state index contributed by atoms with van der Waals surface area (Å²) in [5, 5.41) is 8.26. The molecule has 2 aromatic rings. The van der Waals surface area contributed by atoms with Crippen LogP contribution in [0.3, 0.4) is 0 Å². The number of unbranched alkanes of at least 4 members (excludes halogenated alkanes) is 1. The van der Waals surface area contributed by atoms with Crippen LogP contribution >= 0.6 is 0 Å². The fourth-order valence-corrected chi connectivity index (χ4v) is 1.68. The molecule has 0 saturated carbocycles. The van der Waals surface area contributed by atoms with Gasteiger partial charge in [0.1, 0.15) is 0 Å². The molecule has 0 amide bonds. The molecule has 1 aromatic heterocycles. The molecule has 0 fully saturated rings. The summed E-state index contributed by atoms with van der Waals surface area (Å²) in [6, 6.07) is 7.55. The Bertz CT molecular complexity index is 468. The van der Waals surface area contributed by atoms with E-state index in [1.165, 1.54) is 0 Å². The van der Waals surface area contributed by atoms with Crippen molar-refractivity contribution in [2.75, 3.05) is 0 Å². The molecule has 0 spiro atoms. The Morgan fingerprint density at radius 3 is 2.80 bits per heavy atom. The first-order valence-electron chi connectivity index (χ1n) is 5.22. The van der Waals surface area contributed by atoms with Crippen molar-refractivity contribution in [1.82, 2.24) is 10.2 Å². The topological polar surface area (TPSA) is 25.8 Å². The molecule has 2 rings (SSSR count). The van der Waals surface area contributed by atoms with E-state index < -0.39 is 5.95 Å². The molecule has 0 unspecified atom stereocenters. The molecular weight excluding hydrogens is 191 g/mol. The van der Waals surface area contributed by atoms with Crippen LogP contribution in [0.5, 0.6) is 0 Å². The molecule has 78 valence electrons. The average Bonchev–Trinajstić information content (AvgIpc) is 2.28. The fraction of sp³-hybridized carbons (Fsp3) is 0.333. The maximum atomic E-state index is 13.5. The lowest BCUT2D eigenvalue weighted by Crippen LogP contribution is -1.98. The molecule has 2 nitrogen and oxygen atoms in total. The van der Waals surface area contributed by atoms with Gasteiger partial charge in [0.2, 0.25) is 5.95 Å². The van der Waals surface area contributed by atoms with E-state index in [9.17, 15) is 4.39 Å². The highest BCUT2D eigenvalue weighted by molar-refractivity contribution is 5.81. The highest BCUT2D eigenvalue weighted by Crippen LogP contribution is 2.19. The first-order chi connectivity index (χ1) is 7.33. The minimum Gasteiger partial charge on any atom is -0.183 e. The number of nitrogens with zero attached hydrogens (tertiary/aromatic N) is 2. The smallest absolute Gasteiger partial charge is 0.183 e. The zero-order valence-corrected chi connectivity index (χ0v) is 8.70. The predicted molar refractivity (Wildman–Crippen MR) is 58.1 cm³/mol. The maximum absolute atomic E-state index is 13.5. The number of aryl methyl sites for hydroxylation is 1. The third-order valence-corrected chi connectivity index (χ3v) is 2.50. The largest absolute Gasteiger partial charge is 0.237 e. The van der Waals surface area contributed by atoms with E-state index >= 15 is 0 Å². The first kappa shape index (κ1) is 10.0. The van der Waals surface area contributed by atoms with Crippen LogP contribution in [0.2, 0.25) is 0 Å². The number of fused-ring (bicyclic) bond motifs is 1. The summed E-state index contributed by atoms with van der Waals surface area (Å²) in [5.74, 6) is -0.429. The van der Waals surface area contributed by atoms with Gasteiger partial charge < -0.3 is 0 Å². The Labute approximate surface area is 88.1 Å². The molecule has 0 bridgehead atoms. The van der Waals surface area contributed by atoms with Crippen molar-refractivity contribution in [1.29, 1.82) is 0 Å². The molecular formula is C12H13FN2. The van der Waals surface area contributed by atoms with Crippen LogP contribution < -0.4 is 0 Å². The molecule has 0 atom stereocenters. The Kier molecular flexibility index (Phi) is 2.90. The Morgan fingerprint density at radius 2 is 2.00 bits per heavy atom. The second-order valence-electron chi connectivity index (χ2n) is 3.59. The summed E-state index contributed by atoms with van der Waals surface area (Å²) in [5.41, 5.74) is 1.47. The lowest BCUT2D eigenvalue weighted by atomic mass is 10.1. The number of hydrogen-bond acceptors (Lipinski definition) is 2. The Balaban J connectivity index is 2.53. The molecule has 0 radical (unpaired) electrons. The Hall–Kier alpha value is -1.51. The van der Waals surface area contributed by atoms with Gasteiger partial charge in [-0.15, -0.1) is 10.2 Å². The van der Waals surface area contributed by atoms with Crippen molar-refractivity contribution in [3.8, 4) is 0 Å². The maximum Gasteiger partial charge on any atom is 0.237 e. The number of hydrogen-bond donors (Lipinski definition) is 0. The van der Waals surface area contributed by atoms with Gasteiger partial charge >= 0.3 is 0 Å². The van der Waals surface area contributed by atoms with Crippen molar-refractivity contribution in [3.63, 3.8) is 0 Å². The second-order valence-corrected chi connectivity index (χ2v) is 3.59. The van der Waals surface area contributed by atoms with Crippen LogP contribution in [0, 0.1) is 5.95 Å². The number of rotatable bonds is 3. The summed E-state index contributed by atoms with van der Waals surface area (Å²) >= 11 is 0. The molecule has 15 heavy (non-hydrogen) atoms. The van der Waals surface area contributed by atoms with Gasteiger partial charge in [-0.25, -0.2) is 0 Å². The van der Waals surface area contributed by atoms with Gasteiger partial charge in [-0.05, 0) is 18.9 Å². The minimum absolute atomic E-state index is 0.429. The molecule has 0 saturated heterocycles. The van der Waals surface area contributed by atoms with Gasteiger partial charge in [-0.3, -0.25) is 0 Å². The molecule has 1 aromatic carbocycles. The van der Waals surface area contributed by atoms with Gasteiger partial charge in [0.05, 0.1) is 5.52 Å². The van der Waals surface area contributed by atoms with E-state index in [4.69, 9.17) is 0 Å². The standard InChI is InChI=1S/C12H13FN2/c1-2-3-6-10-9-7-4-5-8-11(9)14-15-12(10)13/h4-5,7-8H,2-3,6H2,1H3. The van der Waals surface area contributed by atoms with Crippen LogP contribution in [0.25, 0.3) is 10.9 Å². The van der Waals surface area contributed by atoms with Crippen LogP contribution in [0.1, 0.15) is 25.3 Å². The van der Waals surface area contributed by atoms with Crippen molar-refractivity contribution in [3.05, 3.63) is 35.8 Å². The second kappa shape index (κ2) is 4.34. The molecule has 0 aliphatic carbocycles. The molecule has 3 heteroatoms. The van der Waals surface area contributed by atoms with Gasteiger partial charge in [-0.1, -0.05) is 31.5 Å². The first-order valence-corrected chi connectivity index (χ1v) is 5.22. The van der Waals surface area contributed by atoms with E-state index in [0.29, 0.717) is 5.56 Å². The van der Waals surface area contributed by atoms with E-state index in [1.807, 2.05) is 24.3 Å². The summed E-state index contributed by atoms with van der Waals surface area (Å²) in [6.07, 6.45) is 2.76. The highest BCUT2D eigenvalue weighted by atomic mass is 19.1. The molecule has 0 aliphatic rings. The van der Waals surface area contributed by atoms with Crippen molar-refractivity contribution >= 4 is 10.9 Å². The third kappa shape index (κ3) is 1.96. The van der Waals surface area contributed by atoms with Gasteiger partial charge in [0, 0.05) is 10.9 Å². The third-order valence-electron chi connectivity index (χ3n) is 2.50. The fourth-order valence-electron chi connectivity index (χ4n) is 1.68.